The molecule has 2 aromatic heterocycles. The monoisotopic (exact) mass is 393 g/mol. The van der Waals surface area contributed by atoms with Gasteiger partial charge in [-0.1, -0.05) is 0 Å². The van der Waals surface area contributed by atoms with Gasteiger partial charge in [-0.05, 0) is 42.8 Å². The van der Waals surface area contributed by atoms with Crippen molar-refractivity contribution in [2.45, 2.75) is 12.5 Å². The lowest BCUT2D eigenvalue weighted by Crippen LogP contribution is -2.37. The summed E-state index contributed by atoms with van der Waals surface area (Å²) in [5.41, 5.74) is 2.54. The van der Waals surface area contributed by atoms with Crippen LogP contribution in [-0.4, -0.2) is 71.2 Å². The topological polar surface area (TPSA) is 87.9 Å². The molecule has 0 radical (unpaired) electrons. The average molecular weight is 393 g/mol. The summed E-state index contributed by atoms with van der Waals surface area (Å²) in [4.78, 5) is 17.1. The molecule has 29 heavy (non-hydrogen) atoms. The molecule has 2 fully saturated rings. The Hall–Kier alpha value is -3.20. The lowest BCUT2D eigenvalue weighted by Gasteiger charge is -2.28. The molecule has 9 nitrogen and oxygen atoms in total. The Balaban J connectivity index is 1.20. The van der Waals surface area contributed by atoms with Crippen molar-refractivity contribution >= 4 is 23.1 Å². The van der Waals surface area contributed by atoms with Crippen molar-refractivity contribution in [3.63, 3.8) is 0 Å². The minimum Gasteiger partial charge on any atom is -0.378 e. The molecule has 1 N–H and O–H groups in total. The van der Waals surface area contributed by atoms with Gasteiger partial charge < -0.3 is 19.9 Å². The highest BCUT2D eigenvalue weighted by atomic mass is 16.5. The molecule has 0 bridgehead atoms. The maximum absolute atomic E-state index is 12.7. The fraction of sp³-hybridized carbons (Fsp3) is 0.400. The van der Waals surface area contributed by atoms with Crippen molar-refractivity contribution < 1.29 is 9.53 Å². The summed E-state index contributed by atoms with van der Waals surface area (Å²) in [7, 11) is 0. The van der Waals surface area contributed by atoms with Gasteiger partial charge in [0.25, 0.3) is 5.91 Å². The molecule has 0 saturated carbocycles. The van der Waals surface area contributed by atoms with Gasteiger partial charge in [0.05, 0.1) is 13.2 Å². The molecule has 1 amide bonds. The number of fused-ring (bicyclic) bond motifs is 1. The minimum atomic E-state index is -0.0346. The molecule has 2 aliphatic heterocycles. The first-order valence-corrected chi connectivity index (χ1v) is 9.92. The molecule has 0 aliphatic carbocycles. The largest absolute Gasteiger partial charge is 0.378 e. The Morgan fingerprint density at radius 3 is 2.69 bits per heavy atom. The van der Waals surface area contributed by atoms with Crippen molar-refractivity contribution in [2.75, 3.05) is 49.2 Å². The van der Waals surface area contributed by atoms with Crippen LogP contribution in [0.4, 0.5) is 11.5 Å². The normalized spacial score (nSPS) is 19.7. The number of hydrogen-bond donors (Lipinski definition) is 1. The number of morpholine rings is 1. The van der Waals surface area contributed by atoms with Gasteiger partial charge in [-0.2, -0.15) is 4.52 Å². The molecular weight excluding hydrogens is 370 g/mol. The fourth-order valence-electron chi connectivity index (χ4n) is 3.89. The van der Waals surface area contributed by atoms with Crippen LogP contribution < -0.4 is 15.1 Å². The van der Waals surface area contributed by atoms with Crippen LogP contribution in [0.15, 0.2) is 42.7 Å². The number of carbonyl (C=O) groups is 1. The lowest BCUT2D eigenvalue weighted by atomic mass is 10.1. The molecule has 150 valence electrons. The van der Waals surface area contributed by atoms with Gasteiger partial charge in [-0.15, -0.1) is 15.3 Å². The lowest BCUT2D eigenvalue weighted by molar-refractivity contribution is 0.0940. The highest BCUT2D eigenvalue weighted by Gasteiger charge is 2.25. The molecule has 3 aromatic rings. The van der Waals surface area contributed by atoms with Crippen molar-refractivity contribution in [3.8, 4) is 0 Å². The number of benzene rings is 1. The second-order valence-corrected chi connectivity index (χ2v) is 7.38. The van der Waals surface area contributed by atoms with Crippen molar-refractivity contribution in [1.82, 2.24) is 25.1 Å². The van der Waals surface area contributed by atoms with E-state index in [2.05, 4.69) is 30.4 Å². The summed E-state index contributed by atoms with van der Waals surface area (Å²) in [6, 6.07) is 11.8. The summed E-state index contributed by atoms with van der Waals surface area (Å²) in [6.07, 6.45) is 2.48. The molecule has 9 heteroatoms. The van der Waals surface area contributed by atoms with E-state index in [4.69, 9.17) is 4.74 Å². The van der Waals surface area contributed by atoms with Crippen molar-refractivity contribution in [1.29, 1.82) is 0 Å². The van der Waals surface area contributed by atoms with Gasteiger partial charge in [-0.25, -0.2) is 0 Å². The summed E-state index contributed by atoms with van der Waals surface area (Å²) in [5, 5.41) is 15.5. The number of nitrogens with one attached hydrogen (secondary N) is 1. The van der Waals surface area contributed by atoms with Crippen LogP contribution in [0.1, 0.15) is 16.8 Å². The van der Waals surface area contributed by atoms with Crippen LogP contribution in [0, 0.1) is 0 Å². The first-order chi connectivity index (χ1) is 14.3. The number of nitrogens with zero attached hydrogens (tertiary/aromatic N) is 6. The number of aromatic nitrogens is 4. The van der Waals surface area contributed by atoms with Crippen LogP contribution in [0.3, 0.4) is 0 Å². The van der Waals surface area contributed by atoms with E-state index in [-0.39, 0.29) is 11.9 Å². The van der Waals surface area contributed by atoms with Gasteiger partial charge >= 0.3 is 0 Å². The zero-order valence-corrected chi connectivity index (χ0v) is 16.1. The molecule has 4 heterocycles. The predicted molar refractivity (Wildman–Crippen MR) is 108 cm³/mol. The fourth-order valence-corrected chi connectivity index (χ4v) is 3.89. The zero-order valence-electron chi connectivity index (χ0n) is 16.1. The Morgan fingerprint density at radius 2 is 1.86 bits per heavy atom. The van der Waals surface area contributed by atoms with Gasteiger partial charge in [0.1, 0.15) is 12.1 Å². The molecular formula is C20H23N7O2. The van der Waals surface area contributed by atoms with Crippen LogP contribution in [0.2, 0.25) is 0 Å². The third kappa shape index (κ3) is 3.73. The quantitative estimate of drug-likeness (QED) is 0.707. The second kappa shape index (κ2) is 7.67. The number of ether oxygens (including phenoxy) is 1. The summed E-state index contributed by atoms with van der Waals surface area (Å²) in [6.45, 7) is 4.86. The molecule has 5 rings (SSSR count). The third-order valence-corrected chi connectivity index (χ3v) is 5.50. The van der Waals surface area contributed by atoms with E-state index >= 15 is 0 Å². The summed E-state index contributed by atoms with van der Waals surface area (Å²) >= 11 is 0. The predicted octanol–water partition coefficient (Wildman–Crippen LogP) is 0.970. The Morgan fingerprint density at radius 1 is 1.03 bits per heavy atom. The van der Waals surface area contributed by atoms with Crippen LogP contribution in [0.5, 0.6) is 0 Å². The Kier molecular flexibility index (Phi) is 4.73. The molecule has 2 saturated heterocycles. The maximum atomic E-state index is 12.7. The SMILES string of the molecule is O=C(NC1CCN(c2ccc3nncn3n2)C1)c1ccc(N2CCOCC2)cc1. The Labute approximate surface area is 168 Å². The molecule has 2 aliphatic rings. The van der Waals surface area contributed by atoms with E-state index in [1.165, 1.54) is 0 Å². The molecule has 0 spiro atoms. The van der Waals surface area contributed by atoms with E-state index in [9.17, 15) is 4.79 Å². The van der Waals surface area contributed by atoms with E-state index in [0.717, 1.165) is 63.0 Å². The summed E-state index contributed by atoms with van der Waals surface area (Å²) < 4.78 is 7.06. The molecule has 1 aromatic carbocycles. The second-order valence-electron chi connectivity index (χ2n) is 7.38. The van der Waals surface area contributed by atoms with Crippen molar-refractivity contribution in [3.05, 3.63) is 48.3 Å². The van der Waals surface area contributed by atoms with Gasteiger partial charge in [0.15, 0.2) is 5.65 Å². The third-order valence-electron chi connectivity index (χ3n) is 5.50. The van der Waals surface area contributed by atoms with Gasteiger partial charge in [-0.3, -0.25) is 4.79 Å². The Bertz CT molecular complexity index is 997. The maximum Gasteiger partial charge on any atom is 0.251 e. The minimum absolute atomic E-state index is 0.0346. The van der Waals surface area contributed by atoms with Gasteiger partial charge in [0.2, 0.25) is 0 Å². The van der Waals surface area contributed by atoms with E-state index in [1.807, 2.05) is 36.4 Å². The number of amides is 1. The van der Waals surface area contributed by atoms with Gasteiger partial charge in [0, 0.05) is 43.5 Å². The average Bonchev–Trinajstić information content (AvgIpc) is 3.43. The smallest absolute Gasteiger partial charge is 0.251 e. The number of anilines is 2. The number of hydrogen-bond acceptors (Lipinski definition) is 7. The van der Waals surface area contributed by atoms with E-state index in [0.29, 0.717) is 5.56 Å². The molecule has 1 atom stereocenters. The van der Waals surface area contributed by atoms with Crippen molar-refractivity contribution in [2.24, 2.45) is 0 Å². The first-order valence-electron chi connectivity index (χ1n) is 9.92. The van der Waals surface area contributed by atoms with Crippen LogP contribution >= 0.6 is 0 Å². The molecule has 1 unspecified atom stereocenters. The number of rotatable bonds is 4. The number of carbonyl (C=O) groups excluding carboxylic acids is 1. The van der Waals surface area contributed by atoms with E-state index in [1.54, 1.807) is 10.8 Å². The standard InChI is InChI=1S/C20H23N7O2/c28-20(15-1-3-17(4-2-15)25-9-11-29-12-10-25)22-16-7-8-26(13-16)19-6-5-18-23-21-14-27(18)24-19/h1-6,14,16H,7-13H2,(H,22,28). The highest BCUT2D eigenvalue weighted by molar-refractivity contribution is 5.94. The van der Waals surface area contributed by atoms with Crippen LogP contribution in [-0.2, 0) is 4.74 Å². The highest BCUT2D eigenvalue weighted by Crippen LogP contribution is 2.20. The van der Waals surface area contributed by atoms with Crippen LogP contribution in [0.25, 0.3) is 5.65 Å². The first kappa shape index (κ1) is 17.9. The zero-order chi connectivity index (χ0) is 19.6. The van der Waals surface area contributed by atoms with E-state index < -0.39 is 0 Å². The summed E-state index contributed by atoms with van der Waals surface area (Å²) in [5.74, 6) is 0.830.